The van der Waals surface area contributed by atoms with E-state index in [2.05, 4.69) is 33.0 Å². The molecule has 0 radical (unpaired) electrons. The fourth-order valence-corrected chi connectivity index (χ4v) is 3.53. The fourth-order valence-electron chi connectivity index (χ4n) is 3.17. The number of anilines is 1. The van der Waals surface area contributed by atoms with Crippen LogP contribution in [0.25, 0.3) is 16.9 Å². The molecule has 2 heterocycles. The van der Waals surface area contributed by atoms with Crippen LogP contribution in [0.5, 0.6) is 0 Å². The highest BCUT2D eigenvalue weighted by atomic mass is 127. The fraction of sp³-hybridized carbons (Fsp3) is 0.211. The van der Waals surface area contributed by atoms with Gasteiger partial charge in [-0.25, -0.2) is 13.5 Å². The summed E-state index contributed by atoms with van der Waals surface area (Å²) in [5.41, 5.74) is 2.83. The molecule has 128 valence electrons. The maximum atomic E-state index is 14.4. The van der Waals surface area contributed by atoms with Gasteiger partial charge in [-0.15, -0.1) is 0 Å². The first-order chi connectivity index (χ1) is 12.1. The van der Waals surface area contributed by atoms with Gasteiger partial charge in [-0.05, 0) is 78.3 Å². The molecule has 3 nitrogen and oxygen atoms in total. The van der Waals surface area contributed by atoms with E-state index >= 15 is 0 Å². The predicted octanol–water partition coefficient (Wildman–Crippen LogP) is 5.17. The van der Waals surface area contributed by atoms with E-state index in [4.69, 9.17) is 0 Å². The van der Waals surface area contributed by atoms with Gasteiger partial charge in [0.25, 0.3) is 0 Å². The molecule has 1 aliphatic rings. The van der Waals surface area contributed by atoms with Crippen molar-refractivity contribution in [1.29, 1.82) is 0 Å². The van der Waals surface area contributed by atoms with Crippen LogP contribution in [0, 0.1) is 15.2 Å². The quantitative estimate of drug-likeness (QED) is 0.545. The lowest BCUT2D eigenvalue weighted by Gasteiger charge is -2.09. The summed E-state index contributed by atoms with van der Waals surface area (Å²) in [7, 11) is 0. The molecule has 25 heavy (non-hydrogen) atoms. The highest BCUT2D eigenvalue weighted by Crippen LogP contribution is 2.35. The monoisotopic (exact) mass is 451 g/mol. The van der Waals surface area contributed by atoms with Gasteiger partial charge >= 0.3 is 0 Å². The summed E-state index contributed by atoms with van der Waals surface area (Å²) in [6, 6.07) is 11.7. The Hall–Kier alpha value is -1.96. The van der Waals surface area contributed by atoms with Crippen molar-refractivity contribution in [1.82, 2.24) is 9.78 Å². The van der Waals surface area contributed by atoms with Crippen LogP contribution in [0.1, 0.15) is 18.4 Å². The van der Waals surface area contributed by atoms with Crippen LogP contribution in [0.4, 0.5) is 14.6 Å². The molecular formula is C19H16F2IN3. The lowest BCUT2D eigenvalue weighted by molar-refractivity contribution is 0.585. The van der Waals surface area contributed by atoms with Crippen molar-refractivity contribution in [2.24, 2.45) is 0 Å². The molecule has 1 N–H and O–H groups in total. The molecule has 1 aromatic heterocycles. The predicted molar refractivity (Wildman–Crippen MR) is 103 cm³/mol. The Labute approximate surface area is 158 Å². The van der Waals surface area contributed by atoms with Gasteiger partial charge in [0.1, 0.15) is 23.1 Å². The molecule has 0 saturated heterocycles. The van der Waals surface area contributed by atoms with Crippen molar-refractivity contribution in [3.8, 4) is 16.9 Å². The van der Waals surface area contributed by atoms with E-state index in [1.165, 1.54) is 12.1 Å². The van der Waals surface area contributed by atoms with Crippen molar-refractivity contribution < 1.29 is 8.78 Å². The normalized spacial score (nSPS) is 13.9. The highest BCUT2D eigenvalue weighted by Gasteiger charge is 2.23. The van der Waals surface area contributed by atoms with Crippen molar-refractivity contribution in [3.63, 3.8) is 0 Å². The molecule has 3 aromatic rings. The van der Waals surface area contributed by atoms with E-state index in [0.717, 1.165) is 52.5 Å². The van der Waals surface area contributed by atoms with E-state index < -0.39 is 11.6 Å². The number of nitrogens with zero attached hydrogens (tertiary/aromatic N) is 2. The zero-order chi connectivity index (χ0) is 17.4. The molecule has 1 aliphatic heterocycles. The van der Waals surface area contributed by atoms with Gasteiger partial charge in [0.2, 0.25) is 0 Å². The van der Waals surface area contributed by atoms with Crippen molar-refractivity contribution in [2.75, 3.05) is 11.9 Å². The van der Waals surface area contributed by atoms with E-state index in [1.807, 2.05) is 28.9 Å². The number of hydrogen-bond donors (Lipinski definition) is 1. The number of aromatic nitrogens is 2. The SMILES string of the molecule is Fc1ccc(-c2nn(-c3ccc(I)cc3)c3c2CCCCN3)c(F)c1. The van der Waals surface area contributed by atoms with E-state index in [0.29, 0.717) is 11.3 Å². The van der Waals surface area contributed by atoms with Gasteiger partial charge in [0.15, 0.2) is 0 Å². The van der Waals surface area contributed by atoms with Crippen molar-refractivity contribution >= 4 is 28.4 Å². The second-order valence-corrected chi connectivity index (χ2v) is 7.32. The van der Waals surface area contributed by atoms with Gasteiger partial charge in [0, 0.05) is 27.3 Å². The molecule has 0 aliphatic carbocycles. The zero-order valence-electron chi connectivity index (χ0n) is 13.4. The molecule has 6 heteroatoms. The summed E-state index contributed by atoms with van der Waals surface area (Å²) in [5, 5.41) is 8.11. The van der Waals surface area contributed by atoms with Crippen LogP contribution in [-0.4, -0.2) is 16.3 Å². The number of benzene rings is 2. The molecule has 0 fully saturated rings. The van der Waals surface area contributed by atoms with Crippen LogP contribution in [0.2, 0.25) is 0 Å². The summed E-state index contributed by atoms with van der Waals surface area (Å²) in [4.78, 5) is 0. The second-order valence-electron chi connectivity index (χ2n) is 6.07. The Balaban J connectivity index is 1.91. The number of rotatable bonds is 2. The summed E-state index contributed by atoms with van der Waals surface area (Å²) in [5.74, 6) is -0.265. The van der Waals surface area contributed by atoms with E-state index in [9.17, 15) is 8.78 Å². The average Bonchev–Trinajstić information content (AvgIpc) is 2.78. The molecule has 0 bridgehead atoms. The topological polar surface area (TPSA) is 29.9 Å². The minimum atomic E-state index is -0.584. The molecule has 2 aromatic carbocycles. The third-order valence-electron chi connectivity index (χ3n) is 4.39. The first kappa shape index (κ1) is 16.5. The Morgan fingerprint density at radius 3 is 2.60 bits per heavy atom. The lowest BCUT2D eigenvalue weighted by atomic mass is 10.0. The van der Waals surface area contributed by atoms with Crippen LogP contribution in [0.3, 0.4) is 0 Å². The van der Waals surface area contributed by atoms with Gasteiger partial charge in [-0.3, -0.25) is 0 Å². The van der Waals surface area contributed by atoms with Crippen molar-refractivity contribution in [3.05, 3.63) is 63.2 Å². The minimum absolute atomic E-state index is 0.339. The van der Waals surface area contributed by atoms with Gasteiger partial charge < -0.3 is 5.32 Å². The summed E-state index contributed by atoms with van der Waals surface area (Å²) in [6.07, 6.45) is 2.87. The first-order valence-corrected chi connectivity index (χ1v) is 9.28. The first-order valence-electron chi connectivity index (χ1n) is 8.20. The standard InChI is InChI=1S/C19H16F2IN3/c20-12-4-9-15(17(21)11-12)18-16-3-1-2-10-23-19(16)25(24-18)14-7-5-13(22)6-8-14/h4-9,11,23H,1-3,10H2. The maximum Gasteiger partial charge on any atom is 0.135 e. The van der Waals surface area contributed by atoms with Crippen LogP contribution < -0.4 is 5.32 Å². The summed E-state index contributed by atoms with van der Waals surface area (Å²) < 4.78 is 30.6. The van der Waals surface area contributed by atoms with Gasteiger partial charge in [-0.1, -0.05) is 0 Å². The molecule has 0 amide bonds. The Morgan fingerprint density at radius 2 is 1.84 bits per heavy atom. The average molecular weight is 451 g/mol. The molecule has 0 saturated carbocycles. The largest absolute Gasteiger partial charge is 0.370 e. The number of halogens is 3. The molecule has 0 unspecified atom stereocenters. The molecule has 0 spiro atoms. The maximum absolute atomic E-state index is 14.4. The number of fused-ring (bicyclic) bond motifs is 1. The summed E-state index contributed by atoms with van der Waals surface area (Å²) in [6.45, 7) is 0.856. The molecule has 0 atom stereocenters. The van der Waals surface area contributed by atoms with Crippen LogP contribution in [-0.2, 0) is 6.42 Å². The van der Waals surface area contributed by atoms with Crippen LogP contribution in [0.15, 0.2) is 42.5 Å². The Morgan fingerprint density at radius 1 is 1.04 bits per heavy atom. The highest BCUT2D eigenvalue weighted by molar-refractivity contribution is 14.1. The third kappa shape index (κ3) is 3.15. The third-order valence-corrected chi connectivity index (χ3v) is 5.11. The summed E-state index contributed by atoms with van der Waals surface area (Å²) >= 11 is 2.26. The van der Waals surface area contributed by atoms with E-state index in [-0.39, 0.29) is 0 Å². The van der Waals surface area contributed by atoms with Gasteiger partial charge in [-0.2, -0.15) is 5.10 Å². The van der Waals surface area contributed by atoms with Crippen LogP contribution >= 0.6 is 22.6 Å². The molecular weight excluding hydrogens is 435 g/mol. The Bertz CT molecular complexity index is 919. The lowest BCUT2D eigenvalue weighted by Crippen LogP contribution is -2.07. The number of hydrogen-bond acceptors (Lipinski definition) is 2. The van der Waals surface area contributed by atoms with Gasteiger partial charge in [0.05, 0.1) is 5.69 Å². The van der Waals surface area contributed by atoms with Crippen molar-refractivity contribution in [2.45, 2.75) is 19.3 Å². The number of nitrogens with one attached hydrogen (secondary N) is 1. The Kier molecular flexibility index (Phi) is 4.45. The minimum Gasteiger partial charge on any atom is -0.370 e. The second kappa shape index (κ2) is 6.74. The molecule has 4 rings (SSSR count). The zero-order valence-corrected chi connectivity index (χ0v) is 15.6. The smallest absolute Gasteiger partial charge is 0.135 e. The van der Waals surface area contributed by atoms with E-state index in [1.54, 1.807) is 0 Å².